The first-order chi connectivity index (χ1) is 20.1. The number of para-hydroxylation sites is 1. The molecule has 210 valence electrons. The molecule has 8 heteroatoms. The Morgan fingerprint density at radius 1 is 0.902 bits per heavy atom. The number of hydrogen-bond donors (Lipinski definition) is 0. The zero-order chi connectivity index (χ0) is 28.0. The van der Waals surface area contributed by atoms with Gasteiger partial charge >= 0.3 is 0 Å². The first-order valence-corrected chi connectivity index (χ1v) is 15.8. The summed E-state index contributed by atoms with van der Waals surface area (Å²) in [5.41, 5.74) is 5.22. The molecule has 0 bridgehead atoms. The van der Waals surface area contributed by atoms with E-state index in [1.807, 2.05) is 30.3 Å². The van der Waals surface area contributed by atoms with Gasteiger partial charge in [-0.15, -0.1) is 10.2 Å². The lowest BCUT2D eigenvalue weighted by atomic mass is 9.90. The molecular weight excluding hydrogens is 550 g/mol. The van der Waals surface area contributed by atoms with Crippen LogP contribution in [0, 0.1) is 5.92 Å². The topological polar surface area (TPSA) is 63.9 Å². The smallest absolute Gasteiger partial charge is 0.222 e. The highest BCUT2D eigenvalue weighted by Crippen LogP contribution is 2.29. The van der Waals surface area contributed by atoms with Crippen LogP contribution >= 0.6 is 23.4 Å². The number of nitrogens with zero attached hydrogens (tertiary/aromatic N) is 5. The fraction of sp³-hybridized carbons (Fsp3) is 0.333. The van der Waals surface area contributed by atoms with E-state index in [9.17, 15) is 4.79 Å². The van der Waals surface area contributed by atoms with Gasteiger partial charge in [-0.1, -0.05) is 84.0 Å². The summed E-state index contributed by atoms with van der Waals surface area (Å²) in [7, 11) is 0. The van der Waals surface area contributed by atoms with Gasteiger partial charge in [-0.3, -0.25) is 4.79 Å². The number of likely N-dealkylation sites (tertiary alicyclic amines) is 1. The van der Waals surface area contributed by atoms with Crippen molar-refractivity contribution in [3.63, 3.8) is 0 Å². The van der Waals surface area contributed by atoms with E-state index in [1.54, 1.807) is 11.8 Å². The fourth-order valence-corrected chi connectivity index (χ4v) is 6.76. The monoisotopic (exact) mass is 583 g/mol. The van der Waals surface area contributed by atoms with Crippen LogP contribution in [-0.2, 0) is 17.8 Å². The van der Waals surface area contributed by atoms with Crippen molar-refractivity contribution in [1.29, 1.82) is 0 Å². The molecule has 41 heavy (non-hydrogen) atoms. The maximum atomic E-state index is 12.8. The normalized spacial score (nSPS) is 14.2. The van der Waals surface area contributed by atoms with Crippen LogP contribution < -0.4 is 0 Å². The summed E-state index contributed by atoms with van der Waals surface area (Å²) < 4.78 is 2.19. The number of unbranched alkanes of at least 4 members (excludes halogenated alkanes) is 1. The number of rotatable bonds is 10. The van der Waals surface area contributed by atoms with E-state index in [0.29, 0.717) is 24.0 Å². The SMILES string of the molecule is O=C(CCCCSc1nnc2c3ccccc3n(Cc3cccc(Cl)c3)c2n1)N1CCC(Cc2ccccc2)CC1. The first kappa shape index (κ1) is 27.7. The van der Waals surface area contributed by atoms with Gasteiger partial charge in [0.05, 0.1) is 5.52 Å². The van der Waals surface area contributed by atoms with Crippen LogP contribution in [0.25, 0.3) is 22.1 Å². The largest absolute Gasteiger partial charge is 0.343 e. The van der Waals surface area contributed by atoms with Crippen LogP contribution in [0.15, 0.2) is 84.0 Å². The zero-order valence-corrected chi connectivity index (χ0v) is 24.7. The summed E-state index contributed by atoms with van der Waals surface area (Å²) in [5, 5.41) is 11.4. The zero-order valence-electron chi connectivity index (χ0n) is 23.1. The van der Waals surface area contributed by atoms with Crippen LogP contribution in [0.3, 0.4) is 0 Å². The molecule has 6 rings (SSSR count). The molecule has 0 spiro atoms. The average molecular weight is 584 g/mol. The second-order valence-corrected chi connectivity index (χ2v) is 12.3. The van der Waals surface area contributed by atoms with E-state index in [0.717, 1.165) is 83.6 Å². The van der Waals surface area contributed by atoms with Gasteiger partial charge in [-0.2, -0.15) is 0 Å². The third kappa shape index (κ3) is 6.74. The number of hydrogen-bond acceptors (Lipinski definition) is 5. The summed E-state index contributed by atoms with van der Waals surface area (Å²) >= 11 is 7.86. The number of carbonyl (C=O) groups is 1. The van der Waals surface area contributed by atoms with E-state index in [-0.39, 0.29) is 5.91 Å². The van der Waals surface area contributed by atoms with Gasteiger partial charge in [0, 0.05) is 42.2 Å². The van der Waals surface area contributed by atoms with Gasteiger partial charge in [-0.05, 0) is 67.3 Å². The van der Waals surface area contributed by atoms with Crippen LogP contribution in [0.4, 0.5) is 0 Å². The molecule has 0 saturated carbocycles. The Labute approximate surface area is 250 Å². The lowest BCUT2D eigenvalue weighted by Crippen LogP contribution is -2.38. The number of halogens is 1. The third-order valence-electron chi connectivity index (χ3n) is 7.93. The summed E-state index contributed by atoms with van der Waals surface area (Å²) in [6.07, 6.45) is 5.73. The fourth-order valence-electron chi connectivity index (χ4n) is 5.76. The second kappa shape index (κ2) is 13.0. The third-order valence-corrected chi connectivity index (χ3v) is 9.09. The van der Waals surface area contributed by atoms with Crippen LogP contribution in [0.2, 0.25) is 5.02 Å². The molecular formula is C33H34ClN5OS. The van der Waals surface area contributed by atoms with Crippen LogP contribution in [0.5, 0.6) is 0 Å². The van der Waals surface area contributed by atoms with Gasteiger partial charge in [0.2, 0.25) is 11.1 Å². The maximum absolute atomic E-state index is 12.8. The molecule has 1 aliphatic rings. The summed E-state index contributed by atoms with van der Waals surface area (Å²) in [4.78, 5) is 19.8. The quantitative estimate of drug-likeness (QED) is 0.126. The van der Waals surface area contributed by atoms with E-state index in [1.165, 1.54) is 5.56 Å². The molecule has 1 fully saturated rings. The predicted octanol–water partition coefficient (Wildman–Crippen LogP) is 7.42. The Morgan fingerprint density at radius 2 is 1.68 bits per heavy atom. The van der Waals surface area contributed by atoms with E-state index < -0.39 is 0 Å². The van der Waals surface area contributed by atoms with Crippen molar-refractivity contribution in [2.24, 2.45) is 5.92 Å². The number of thioether (sulfide) groups is 1. The molecule has 0 atom stereocenters. The minimum absolute atomic E-state index is 0.290. The van der Waals surface area contributed by atoms with Crippen molar-refractivity contribution in [2.45, 2.75) is 50.2 Å². The molecule has 0 unspecified atom stereocenters. The van der Waals surface area contributed by atoms with Crippen molar-refractivity contribution >= 4 is 51.3 Å². The first-order valence-electron chi connectivity index (χ1n) is 14.4. The molecule has 6 nitrogen and oxygen atoms in total. The Morgan fingerprint density at radius 3 is 2.51 bits per heavy atom. The van der Waals surface area contributed by atoms with Crippen molar-refractivity contribution in [2.75, 3.05) is 18.8 Å². The Kier molecular flexibility index (Phi) is 8.82. The highest BCUT2D eigenvalue weighted by atomic mass is 35.5. The van der Waals surface area contributed by atoms with Crippen LogP contribution in [0.1, 0.15) is 43.2 Å². The second-order valence-electron chi connectivity index (χ2n) is 10.8. The molecule has 0 N–H and O–H groups in total. The number of fused-ring (bicyclic) bond motifs is 3. The summed E-state index contributed by atoms with van der Waals surface area (Å²) in [6, 6.07) is 26.8. The lowest BCUT2D eigenvalue weighted by Gasteiger charge is -2.32. The minimum Gasteiger partial charge on any atom is -0.343 e. The van der Waals surface area contributed by atoms with Crippen molar-refractivity contribution < 1.29 is 4.79 Å². The van der Waals surface area contributed by atoms with Crippen LogP contribution in [-0.4, -0.2) is 49.4 Å². The molecule has 0 aliphatic carbocycles. The lowest BCUT2D eigenvalue weighted by molar-refractivity contribution is -0.132. The number of piperidine rings is 1. The van der Waals surface area contributed by atoms with Gasteiger partial charge in [-0.25, -0.2) is 4.98 Å². The van der Waals surface area contributed by atoms with Crippen molar-refractivity contribution in [3.8, 4) is 0 Å². The van der Waals surface area contributed by atoms with Crippen molar-refractivity contribution in [3.05, 3.63) is 95.0 Å². The van der Waals surface area contributed by atoms with Gasteiger partial charge in [0.1, 0.15) is 5.52 Å². The summed E-state index contributed by atoms with van der Waals surface area (Å²) in [5.74, 6) is 1.82. The number of aromatic nitrogens is 4. The number of amides is 1. The molecule has 1 saturated heterocycles. The Balaban J connectivity index is 1.01. The maximum Gasteiger partial charge on any atom is 0.222 e. The van der Waals surface area contributed by atoms with E-state index >= 15 is 0 Å². The van der Waals surface area contributed by atoms with Gasteiger partial charge < -0.3 is 9.47 Å². The van der Waals surface area contributed by atoms with Gasteiger partial charge in [0.25, 0.3) is 0 Å². The van der Waals surface area contributed by atoms with Gasteiger partial charge in [0.15, 0.2) is 5.65 Å². The summed E-state index contributed by atoms with van der Waals surface area (Å²) in [6.45, 7) is 2.42. The molecule has 3 aromatic carbocycles. The standard InChI is InChI=1S/C33H34ClN5OS/c34-27-12-8-11-26(22-27)23-39-29-14-5-4-13-28(29)31-32(39)35-33(37-36-31)41-20-7-6-15-30(40)38-18-16-25(17-19-38)21-24-9-2-1-3-10-24/h1-5,8-14,22,25H,6-7,15-21,23H2. The minimum atomic E-state index is 0.290. The highest BCUT2D eigenvalue weighted by molar-refractivity contribution is 7.99. The highest BCUT2D eigenvalue weighted by Gasteiger charge is 2.22. The van der Waals surface area contributed by atoms with E-state index in [4.69, 9.17) is 16.6 Å². The Hall–Kier alpha value is -3.42. The molecule has 0 radical (unpaired) electrons. The molecule has 5 aromatic rings. The predicted molar refractivity (Wildman–Crippen MR) is 167 cm³/mol. The molecule has 1 aliphatic heterocycles. The number of benzene rings is 3. The van der Waals surface area contributed by atoms with Crippen molar-refractivity contribution in [1.82, 2.24) is 24.6 Å². The Bertz CT molecular complexity index is 1630. The van der Waals surface area contributed by atoms with E-state index in [2.05, 4.69) is 68.2 Å². The number of carbonyl (C=O) groups excluding carboxylic acids is 1. The molecule has 2 aromatic heterocycles. The molecule has 1 amide bonds. The average Bonchev–Trinajstić information content (AvgIpc) is 3.30. The molecule has 3 heterocycles.